The molecule has 0 radical (unpaired) electrons. The van der Waals surface area contributed by atoms with E-state index in [1.807, 2.05) is 0 Å². The van der Waals surface area contributed by atoms with E-state index >= 15 is 0 Å². The van der Waals surface area contributed by atoms with Crippen molar-refractivity contribution in [2.45, 2.75) is 24.9 Å². The second-order valence-electron chi connectivity index (χ2n) is 5.64. The fraction of sp³-hybridized carbons (Fsp3) is 0.556. The number of aromatic nitrogens is 2. The zero-order valence-corrected chi connectivity index (χ0v) is 22.3. The first-order valence-electron chi connectivity index (χ1n) is 7.38. The number of rotatable bonds is 8. The second-order valence-corrected chi connectivity index (χ2v) is 13.0. The number of nitrogens with one attached hydrogen (secondary N) is 1. The number of aromatic amines is 1. The Balaban J connectivity index is 2.03. The van der Waals surface area contributed by atoms with Crippen molar-refractivity contribution in [1.29, 1.82) is 0 Å². The van der Waals surface area contributed by atoms with E-state index in [1.54, 1.807) is 0 Å². The standard InChI is InChI=1S/C9H14N2O14P3.Hg/c12-5-3-8(11-2-1-7(13)10-9(11)14)23-6(5)4-22-27(18,19)25-28(20,21)24-26(15,16)17;/h2,5-6,8,12H,3-4H2,(H,18,19)(H,20,21)(H,10,13,14)(H2,15,16,17);/t5-,6+,8+;/m0./s1. The van der Waals surface area contributed by atoms with Gasteiger partial charge < -0.3 is 9.79 Å². The number of nitrogens with zero attached hydrogens (tertiary/aromatic N) is 1. The van der Waals surface area contributed by atoms with Crippen LogP contribution in [0.3, 0.4) is 0 Å². The third-order valence-corrected chi connectivity index (χ3v) is 9.13. The molecular formula is C9H14HgN2O14P3. The van der Waals surface area contributed by atoms with Gasteiger partial charge in [0.1, 0.15) is 0 Å². The van der Waals surface area contributed by atoms with Crippen LogP contribution in [0.25, 0.3) is 0 Å². The number of phosphoric ester groups is 1. The van der Waals surface area contributed by atoms with Gasteiger partial charge in [-0.15, -0.1) is 0 Å². The van der Waals surface area contributed by atoms with Crippen LogP contribution in [0.4, 0.5) is 0 Å². The number of aliphatic hydroxyl groups is 1. The van der Waals surface area contributed by atoms with Crippen molar-refractivity contribution in [3.63, 3.8) is 0 Å². The monoisotopic (exact) mass is 669 g/mol. The Hall–Kier alpha value is -0.0549. The number of aliphatic hydroxyl groups excluding tert-OH is 1. The number of hydrogen-bond donors (Lipinski definition) is 6. The molecule has 1 aliphatic rings. The zero-order valence-electron chi connectivity index (χ0n) is 14.1. The van der Waals surface area contributed by atoms with Crippen LogP contribution in [0.1, 0.15) is 12.6 Å². The topological polar surface area (TPSA) is 244 Å². The van der Waals surface area contributed by atoms with E-state index in [-0.39, 0.29) is 32.5 Å². The van der Waals surface area contributed by atoms with Gasteiger partial charge in [0.25, 0.3) is 0 Å². The van der Waals surface area contributed by atoms with Gasteiger partial charge in [-0.1, -0.05) is 0 Å². The third kappa shape index (κ3) is 7.54. The molecule has 0 saturated carbocycles. The Bertz CT molecular complexity index is 1020. The van der Waals surface area contributed by atoms with Crippen LogP contribution >= 0.6 is 23.5 Å². The van der Waals surface area contributed by atoms with Crippen molar-refractivity contribution in [3.05, 3.63) is 27.0 Å². The van der Waals surface area contributed by atoms with Crippen molar-refractivity contribution >= 4 is 26.5 Å². The quantitative estimate of drug-likeness (QED) is 0.126. The average molecular weight is 668 g/mol. The van der Waals surface area contributed by atoms with Gasteiger partial charge in [0, 0.05) is 0 Å². The van der Waals surface area contributed by atoms with Gasteiger partial charge in [-0.2, -0.15) is 0 Å². The molecule has 0 bridgehead atoms. The fourth-order valence-corrected chi connectivity index (χ4v) is 6.39. The fourth-order valence-electron chi connectivity index (χ4n) is 2.25. The summed E-state index contributed by atoms with van der Waals surface area (Å²) in [7, 11) is -16.6. The molecule has 29 heavy (non-hydrogen) atoms. The molecular weight excluding hydrogens is 654 g/mol. The molecule has 1 aromatic rings. The van der Waals surface area contributed by atoms with Gasteiger partial charge in [0.15, 0.2) is 0 Å². The molecule has 5 atom stereocenters. The van der Waals surface area contributed by atoms with E-state index in [0.29, 0.717) is 3.07 Å². The van der Waals surface area contributed by atoms with Crippen LogP contribution in [-0.2, 0) is 57.7 Å². The van der Waals surface area contributed by atoms with Gasteiger partial charge >= 0.3 is 163 Å². The maximum absolute atomic E-state index is 11.9. The Morgan fingerprint density at radius 1 is 1.17 bits per heavy atom. The number of H-pyrrole nitrogens is 1. The number of phosphoric acid groups is 3. The minimum atomic E-state index is -5.67. The van der Waals surface area contributed by atoms with Gasteiger partial charge in [-0.3, -0.25) is 0 Å². The van der Waals surface area contributed by atoms with Gasteiger partial charge in [-0.25, -0.2) is 4.57 Å². The number of hydrogen-bond acceptors (Lipinski definition) is 10. The molecule has 1 fully saturated rings. The molecule has 20 heteroatoms. The molecule has 2 heterocycles. The SMILES string of the molecule is O=c1[nH]c(=O)n([C@H]2C[C@H](O)[C@@H](COP(=O)(O)OP(=O)(O)OP(=O)(O)O)O2)c[c]1[Hg]. The second kappa shape index (κ2) is 9.21. The van der Waals surface area contributed by atoms with Crippen molar-refractivity contribution in [1.82, 2.24) is 9.55 Å². The summed E-state index contributed by atoms with van der Waals surface area (Å²) in [6, 6.07) is 0. The predicted octanol–water partition coefficient (Wildman–Crippen LogP) is -2.30. The van der Waals surface area contributed by atoms with Crippen molar-refractivity contribution < 1.29 is 82.4 Å². The predicted molar refractivity (Wildman–Crippen MR) is 85.3 cm³/mol. The van der Waals surface area contributed by atoms with Gasteiger partial charge in [-0.05, 0) is 0 Å². The summed E-state index contributed by atoms with van der Waals surface area (Å²) in [5, 5.41) is 9.99. The summed E-state index contributed by atoms with van der Waals surface area (Å²) in [6.07, 6.45) is -2.50. The molecule has 161 valence electrons. The molecule has 1 aromatic heterocycles. The molecule has 0 amide bonds. The van der Waals surface area contributed by atoms with Crippen molar-refractivity contribution in [2.75, 3.05) is 6.61 Å². The molecule has 2 unspecified atom stereocenters. The van der Waals surface area contributed by atoms with Crippen LogP contribution in [0, 0.1) is 0 Å². The van der Waals surface area contributed by atoms with Crippen LogP contribution in [-0.4, -0.2) is 53.0 Å². The minimum absolute atomic E-state index is 0.121. The first-order valence-corrected chi connectivity index (χ1v) is 14.6. The van der Waals surface area contributed by atoms with E-state index in [2.05, 4.69) is 18.1 Å². The Labute approximate surface area is 176 Å². The summed E-state index contributed by atoms with van der Waals surface area (Å²) in [4.78, 5) is 60.8. The molecule has 0 aromatic carbocycles. The summed E-state index contributed by atoms with van der Waals surface area (Å²) in [5.74, 6) is 0. The summed E-state index contributed by atoms with van der Waals surface area (Å²) >= 11 is -0.121. The Kier molecular flexibility index (Phi) is 8.00. The molecule has 6 N–H and O–H groups in total. The first-order chi connectivity index (χ1) is 13.1. The molecule has 0 aliphatic carbocycles. The Morgan fingerprint density at radius 2 is 1.79 bits per heavy atom. The van der Waals surface area contributed by atoms with E-state index in [9.17, 15) is 33.3 Å². The van der Waals surface area contributed by atoms with Gasteiger partial charge in [0.05, 0.1) is 0 Å². The van der Waals surface area contributed by atoms with E-state index in [1.165, 1.54) is 6.20 Å². The zero-order chi connectivity index (χ0) is 22.2. The number of ether oxygens (including phenoxy) is 1. The van der Waals surface area contributed by atoms with Crippen LogP contribution < -0.4 is 14.3 Å². The summed E-state index contributed by atoms with van der Waals surface area (Å²) in [5.41, 5.74) is -1.33. The summed E-state index contributed by atoms with van der Waals surface area (Å²) in [6.45, 7) is -0.864. The van der Waals surface area contributed by atoms with Crippen LogP contribution in [0.15, 0.2) is 15.8 Å². The first kappa shape index (κ1) is 25.2. The third-order valence-electron chi connectivity index (χ3n) is 3.37. The Morgan fingerprint density at radius 3 is 2.38 bits per heavy atom. The van der Waals surface area contributed by atoms with E-state index < -0.39 is 59.8 Å². The molecule has 0 spiro atoms. The summed E-state index contributed by atoms with van der Waals surface area (Å²) < 4.78 is 51.8. The molecule has 1 aliphatic heterocycles. The molecule has 2 rings (SSSR count). The maximum atomic E-state index is 11.9. The molecule has 1 saturated heterocycles. The average Bonchev–Trinajstić information content (AvgIpc) is 2.86. The normalized spacial score (nSPS) is 26.8. The molecule has 16 nitrogen and oxygen atoms in total. The van der Waals surface area contributed by atoms with Crippen LogP contribution in [0.2, 0.25) is 0 Å². The van der Waals surface area contributed by atoms with Crippen molar-refractivity contribution in [2.24, 2.45) is 0 Å². The van der Waals surface area contributed by atoms with Gasteiger partial charge in [0.2, 0.25) is 0 Å². The van der Waals surface area contributed by atoms with Crippen molar-refractivity contribution in [3.8, 4) is 0 Å². The van der Waals surface area contributed by atoms with E-state index in [4.69, 9.17) is 19.4 Å². The van der Waals surface area contributed by atoms with E-state index in [0.717, 1.165) is 4.57 Å². The van der Waals surface area contributed by atoms with Crippen LogP contribution in [0.5, 0.6) is 0 Å².